The van der Waals surface area contributed by atoms with Gasteiger partial charge in [0, 0.05) is 6.04 Å². The maximum absolute atomic E-state index is 3.58. The van der Waals surface area contributed by atoms with E-state index in [1.54, 1.807) is 0 Å². The van der Waals surface area contributed by atoms with Gasteiger partial charge in [-0.25, -0.2) is 0 Å². The Morgan fingerprint density at radius 1 is 1.05 bits per heavy atom. The number of rotatable bonds is 5. The van der Waals surface area contributed by atoms with Crippen molar-refractivity contribution in [1.82, 2.24) is 5.32 Å². The molecule has 0 spiro atoms. The molecule has 0 heterocycles. The standard InChI is InChI=1S/C18H31N/c1-8-16(19-9-2)12-17-13(3)10-15(11-14(17)4)18(5,6)7/h10-11,16,19H,8-9,12H2,1-7H3. The Hall–Kier alpha value is -0.820. The highest BCUT2D eigenvalue weighted by Crippen LogP contribution is 2.27. The molecule has 0 fully saturated rings. The van der Waals surface area contributed by atoms with E-state index in [1.165, 1.54) is 28.7 Å². The number of hydrogen-bond acceptors (Lipinski definition) is 1. The molecule has 19 heavy (non-hydrogen) atoms. The maximum Gasteiger partial charge on any atom is 0.0105 e. The normalized spacial score (nSPS) is 13.6. The molecule has 1 unspecified atom stereocenters. The Labute approximate surface area is 119 Å². The molecule has 0 aliphatic rings. The van der Waals surface area contributed by atoms with Crippen LogP contribution in [0, 0.1) is 13.8 Å². The molecule has 1 aromatic carbocycles. The van der Waals surface area contributed by atoms with Gasteiger partial charge in [0.25, 0.3) is 0 Å². The Bertz CT molecular complexity index is 389. The number of hydrogen-bond donors (Lipinski definition) is 1. The Balaban J connectivity index is 3.03. The van der Waals surface area contributed by atoms with Crippen molar-refractivity contribution in [2.75, 3.05) is 6.54 Å². The number of benzene rings is 1. The largest absolute Gasteiger partial charge is 0.314 e. The van der Waals surface area contributed by atoms with Crippen molar-refractivity contribution < 1.29 is 0 Å². The van der Waals surface area contributed by atoms with Gasteiger partial charge in [0.2, 0.25) is 0 Å². The molecule has 1 aromatic rings. The van der Waals surface area contributed by atoms with Gasteiger partial charge < -0.3 is 5.32 Å². The first-order valence-electron chi connectivity index (χ1n) is 7.63. The average molecular weight is 261 g/mol. The van der Waals surface area contributed by atoms with E-state index in [0.29, 0.717) is 6.04 Å². The number of aryl methyl sites for hydroxylation is 2. The molecule has 1 N–H and O–H groups in total. The van der Waals surface area contributed by atoms with Gasteiger partial charge in [-0.15, -0.1) is 0 Å². The second kappa shape index (κ2) is 6.56. The lowest BCUT2D eigenvalue weighted by atomic mass is 9.83. The minimum atomic E-state index is 0.236. The van der Waals surface area contributed by atoms with Crippen molar-refractivity contribution in [1.29, 1.82) is 0 Å². The van der Waals surface area contributed by atoms with Crippen LogP contribution in [0.1, 0.15) is 63.3 Å². The quantitative estimate of drug-likeness (QED) is 0.821. The van der Waals surface area contributed by atoms with Gasteiger partial charge in [0.15, 0.2) is 0 Å². The maximum atomic E-state index is 3.58. The second-order valence-electron chi connectivity index (χ2n) is 6.71. The third-order valence-corrected chi connectivity index (χ3v) is 4.00. The van der Waals surface area contributed by atoms with Crippen LogP contribution in [-0.2, 0) is 11.8 Å². The van der Waals surface area contributed by atoms with E-state index < -0.39 is 0 Å². The first-order chi connectivity index (χ1) is 8.79. The van der Waals surface area contributed by atoms with Crippen LogP contribution in [-0.4, -0.2) is 12.6 Å². The molecule has 1 nitrogen and oxygen atoms in total. The Morgan fingerprint density at radius 3 is 1.95 bits per heavy atom. The molecule has 0 bridgehead atoms. The Kier molecular flexibility index (Phi) is 5.61. The predicted octanol–water partition coefficient (Wildman–Crippen LogP) is 4.53. The van der Waals surface area contributed by atoms with Gasteiger partial charge in [0.05, 0.1) is 0 Å². The molecular weight excluding hydrogens is 230 g/mol. The minimum Gasteiger partial charge on any atom is -0.314 e. The fourth-order valence-electron chi connectivity index (χ4n) is 2.64. The minimum absolute atomic E-state index is 0.236. The first kappa shape index (κ1) is 16.2. The van der Waals surface area contributed by atoms with Crippen molar-refractivity contribution in [3.63, 3.8) is 0 Å². The molecule has 0 radical (unpaired) electrons. The second-order valence-corrected chi connectivity index (χ2v) is 6.71. The van der Waals surface area contributed by atoms with Crippen molar-refractivity contribution in [2.24, 2.45) is 0 Å². The van der Waals surface area contributed by atoms with Gasteiger partial charge in [-0.2, -0.15) is 0 Å². The lowest BCUT2D eigenvalue weighted by molar-refractivity contribution is 0.508. The zero-order chi connectivity index (χ0) is 14.6. The number of nitrogens with one attached hydrogen (secondary N) is 1. The van der Waals surface area contributed by atoms with Gasteiger partial charge in [-0.3, -0.25) is 0 Å². The summed E-state index contributed by atoms with van der Waals surface area (Å²) in [5, 5.41) is 3.58. The monoisotopic (exact) mass is 261 g/mol. The van der Waals surface area contributed by atoms with E-state index >= 15 is 0 Å². The predicted molar refractivity (Wildman–Crippen MR) is 86.1 cm³/mol. The highest BCUT2D eigenvalue weighted by atomic mass is 14.9. The zero-order valence-corrected chi connectivity index (χ0v) is 13.9. The third-order valence-electron chi connectivity index (χ3n) is 4.00. The van der Waals surface area contributed by atoms with E-state index in [4.69, 9.17) is 0 Å². The van der Waals surface area contributed by atoms with Gasteiger partial charge in [-0.1, -0.05) is 46.8 Å². The lowest BCUT2D eigenvalue weighted by Crippen LogP contribution is -2.30. The molecular formula is C18H31N. The van der Waals surface area contributed by atoms with Crippen LogP contribution in [0.2, 0.25) is 0 Å². The van der Waals surface area contributed by atoms with Crippen LogP contribution in [0.4, 0.5) is 0 Å². The lowest BCUT2D eigenvalue weighted by Gasteiger charge is -2.24. The van der Waals surface area contributed by atoms with E-state index in [-0.39, 0.29) is 5.41 Å². The first-order valence-corrected chi connectivity index (χ1v) is 7.63. The molecule has 0 aromatic heterocycles. The van der Waals surface area contributed by atoms with Gasteiger partial charge in [-0.05, 0) is 60.9 Å². The zero-order valence-electron chi connectivity index (χ0n) is 13.9. The summed E-state index contributed by atoms with van der Waals surface area (Å²) < 4.78 is 0. The highest BCUT2D eigenvalue weighted by molar-refractivity contribution is 5.40. The fourth-order valence-corrected chi connectivity index (χ4v) is 2.64. The number of likely N-dealkylation sites (N-methyl/N-ethyl adjacent to an activating group) is 1. The molecule has 0 aliphatic heterocycles. The van der Waals surface area contributed by atoms with Gasteiger partial charge >= 0.3 is 0 Å². The summed E-state index contributed by atoms with van der Waals surface area (Å²) >= 11 is 0. The van der Waals surface area contributed by atoms with Crippen molar-refractivity contribution in [3.8, 4) is 0 Å². The topological polar surface area (TPSA) is 12.0 Å². The summed E-state index contributed by atoms with van der Waals surface area (Å²) in [5.74, 6) is 0. The van der Waals surface area contributed by atoms with Crippen LogP contribution in [0.3, 0.4) is 0 Å². The Morgan fingerprint density at radius 2 is 1.58 bits per heavy atom. The highest BCUT2D eigenvalue weighted by Gasteiger charge is 2.17. The SMILES string of the molecule is CCNC(CC)Cc1c(C)cc(C(C)(C)C)cc1C. The molecule has 1 rings (SSSR count). The summed E-state index contributed by atoms with van der Waals surface area (Å²) in [5.41, 5.74) is 6.10. The van der Waals surface area contributed by atoms with Crippen LogP contribution in [0.5, 0.6) is 0 Å². The van der Waals surface area contributed by atoms with E-state index in [0.717, 1.165) is 13.0 Å². The van der Waals surface area contributed by atoms with Crippen molar-refractivity contribution >= 4 is 0 Å². The van der Waals surface area contributed by atoms with Crippen LogP contribution in [0.15, 0.2) is 12.1 Å². The summed E-state index contributed by atoms with van der Waals surface area (Å²) in [4.78, 5) is 0. The van der Waals surface area contributed by atoms with E-state index in [1.807, 2.05) is 0 Å². The molecule has 108 valence electrons. The van der Waals surface area contributed by atoms with Crippen LogP contribution < -0.4 is 5.32 Å². The van der Waals surface area contributed by atoms with Gasteiger partial charge in [0.1, 0.15) is 0 Å². The van der Waals surface area contributed by atoms with E-state index in [2.05, 4.69) is 65.9 Å². The van der Waals surface area contributed by atoms with E-state index in [9.17, 15) is 0 Å². The summed E-state index contributed by atoms with van der Waals surface area (Å²) in [7, 11) is 0. The molecule has 0 amide bonds. The summed E-state index contributed by atoms with van der Waals surface area (Å²) in [6.07, 6.45) is 2.33. The molecule has 0 saturated carbocycles. The molecule has 1 atom stereocenters. The molecule has 0 saturated heterocycles. The molecule has 0 aliphatic carbocycles. The summed E-state index contributed by atoms with van der Waals surface area (Å²) in [6.45, 7) is 16.9. The van der Waals surface area contributed by atoms with Crippen molar-refractivity contribution in [2.45, 2.75) is 72.8 Å². The van der Waals surface area contributed by atoms with Crippen LogP contribution in [0.25, 0.3) is 0 Å². The fraction of sp³-hybridized carbons (Fsp3) is 0.667. The smallest absolute Gasteiger partial charge is 0.0105 e. The summed E-state index contributed by atoms with van der Waals surface area (Å²) in [6, 6.07) is 5.35. The van der Waals surface area contributed by atoms with Crippen molar-refractivity contribution in [3.05, 3.63) is 34.4 Å². The third kappa shape index (κ3) is 4.35. The average Bonchev–Trinajstić information content (AvgIpc) is 2.30. The molecule has 1 heteroatoms. The van der Waals surface area contributed by atoms with Crippen LogP contribution >= 0.6 is 0 Å².